The molecular weight excluding hydrogens is 144 g/mol. The van der Waals surface area contributed by atoms with Crippen LogP contribution < -0.4 is 0 Å². The van der Waals surface area contributed by atoms with E-state index in [0.29, 0.717) is 0 Å². The smallest absolute Gasteiger partial charge is 0.0582 e. The quantitative estimate of drug-likeness (QED) is 0.409. The first-order chi connectivity index (χ1) is 5.44. The van der Waals surface area contributed by atoms with Crippen LogP contribution in [0.2, 0.25) is 0 Å². The molecule has 0 aliphatic heterocycles. The van der Waals surface area contributed by atoms with Crippen molar-refractivity contribution >= 4 is 0 Å². The Morgan fingerprint density at radius 3 is 2.00 bits per heavy atom. The average Bonchev–Trinajstić information content (AvgIpc) is 2.12. The SMILES string of the molecule is C#CC1(C)C(C)=C(C)C1(C)CC. The first kappa shape index (κ1) is 9.39. The van der Waals surface area contributed by atoms with Crippen molar-refractivity contribution in [2.75, 3.05) is 0 Å². The Morgan fingerprint density at radius 2 is 1.75 bits per heavy atom. The van der Waals surface area contributed by atoms with Crippen LogP contribution in [0.25, 0.3) is 0 Å². The number of rotatable bonds is 1. The molecule has 1 aliphatic rings. The summed E-state index contributed by atoms with van der Waals surface area (Å²) in [5, 5.41) is 0. The molecule has 0 saturated heterocycles. The van der Waals surface area contributed by atoms with Gasteiger partial charge in [0.15, 0.2) is 0 Å². The van der Waals surface area contributed by atoms with Crippen LogP contribution in [-0.2, 0) is 0 Å². The monoisotopic (exact) mass is 162 g/mol. The maximum Gasteiger partial charge on any atom is 0.0582 e. The van der Waals surface area contributed by atoms with E-state index in [4.69, 9.17) is 6.42 Å². The molecule has 0 radical (unpaired) electrons. The van der Waals surface area contributed by atoms with E-state index in [9.17, 15) is 0 Å². The lowest BCUT2D eigenvalue weighted by Crippen LogP contribution is -2.47. The standard InChI is InChI=1S/C12H18/c1-7-11(5)9(3)10(4)12(11,6)8-2/h1H,8H2,2-6H3. The highest BCUT2D eigenvalue weighted by Gasteiger charge is 2.53. The summed E-state index contributed by atoms with van der Waals surface area (Å²) in [5.74, 6) is 2.94. The van der Waals surface area contributed by atoms with Gasteiger partial charge in [-0.15, -0.1) is 6.42 Å². The zero-order chi connectivity index (χ0) is 9.57. The fourth-order valence-electron chi connectivity index (χ4n) is 2.40. The lowest BCUT2D eigenvalue weighted by Gasteiger charge is -2.55. The van der Waals surface area contributed by atoms with Crippen LogP contribution in [0.4, 0.5) is 0 Å². The molecule has 2 atom stereocenters. The van der Waals surface area contributed by atoms with Gasteiger partial charge in [0, 0.05) is 5.41 Å². The van der Waals surface area contributed by atoms with Crippen LogP contribution in [0, 0.1) is 23.2 Å². The minimum Gasteiger partial charge on any atom is -0.119 e. The molecule has 0 aromatic rings. The molecule has 0 spiro atoms. The zero-order valence-corrected chi connectivity index (χ0v) is 8.78. The Labute approximate surface area is 76.1 Å². The normalized spacial score (nSPS) is 40.7. The summed E-state index contributed by atoms with van der Waals surface area (Å²) in [6.07, 6.45) is 6.72. The van der Waals surface area contributed by atoms with Gasteiger partial charge in [-0.3, -0.25) is 0 Å². The van der Waals surface area contributed by atoms with E-state index < -0.39 is 0 Å². The predicted molar refractivity (Wildman–Crippen MR) is 53.7 cm³/mol. The molecule has 12 heavy (non-hydrogen) atoms. The molecule has 0 heterocycles. The summed E-state index contributed by atoms with van der Waals surface area (Å²) < 4.78 is 0. The van der Waals surface area contributed by atoms with Gasteiger partial charge in [-0.25, -0.2) is 0 Å². The Morgan fingerprint density at radius 1 is 1.25 bits per heavy atom. The van der Waals surface area contributed by atoms with Gasteiger partial charge in [-0.1, -0.05) is 30.9 Å². The van der Waals surface area contributed by atoms with E-state index in [-0.39, 0.29) is 10.8 Å². The summed E-state index contributed by atoms with van der Waals surface area (Å²) in [7, 11) is 0. The van der Waals surface area contributed by atoms with E-state index in [0.717, 1.165) is 6.42 Å². The highest BCUT2D eigenvalue weighted by Crippen LogP contribution is 2.61. The van der Waals surface area contributed by atoms with E-state index in [1.165, 1.54) is 11.1 Å². The lowest BCUT2D eigenvalue weighted by molar-refractivity contribution is 0.156. The Hall–Kier alpha value is -0.700. The third-order valence-electron chi connectivity index (χ3n) is 4.24. The van der Waals surface area contributed by atoms with Gasteiger partial charge < -0.3 is 0 Å². The Balaban J connectivity index is 3.21. The van der Waals surface area contributed by atoms with Crippen molar-refractivity contribution in [2.24, 2.45) is 10.8 Å². The summed E-state index contributed by atoms with van der Waals surface area (Å²) >= 11 is 0. The third kappa shape index (κ3) is 0.698. The second kappa shape index (κ2) is 2.39. The highest BCUT2D eigenvalue weighted by molar-refractivity contribution is 5.46. The van der Waals surface area contributed by atoms with E-state index >= 15 is 0 Å². The minimum absolute atomic E-state index is 0.00579. The Kier molecular flexibility index (Phi) is 1.87. The number of hydrogen-bond acceptors (Lipinski definition) is 0. The number of hydrogen-bond donors (Lipinski definition) is 0. The van der Waals surface area contributed by atoms with Crippen LogP contribution in [0.15, 0.2) is 11.1 Å². The summed E-state index contributed by atoms with van der Waals surface area (Å²) in [4.78, 5) is 0. The van der Waals surface area contributed by atoms with Crippen molar-refractivity contribution in [1.82, 2.24) is 0 Å². The van der Waals surface area contributed by atoms with Crippen molar-refractivity contribution in [1.29, 1.82) is 0 Å². The first-order valence-electron chi connectivity index (χ1n) is 4.60. The molecule has 0 nitrogen and oxygen atoms in total. The molecule has 0 aromatic carbocycles. The minimum atomic E-state index is 0.00579. The van der Waals surface area contributed by atoms with Gasteiger partial charge in [0.1, 0.15) is 0 Å². The first-order valence-corrected chi connectivity index (χ1v) is 4.60. The molecule has 0 saturated carbocycles. The van der Waals surface area contributed by atoms with Crippen LogP contribution in [-0.4, -0.2) is 0 Å². The average molecular weight is 162 g/mol. The van der Waals surface area contributed by atoms with Gasteiger partial charge in [0.25, 0.3) is 0 Å². The summed E-state index contributed by atoms with van der Waals surface area (Å²) in [6, 6.07) is 0. The Bertz CT molecular complexity index is 277. The van der Waals surface area contributed by atoms with Crippen LogP contribution in [0.5, 0.6) is 0 Å². The van der Waals surface area contributed by atoms with Crippen molar-refractivity contribution in [3.63, 3.8) is 0 Å². The van der Waals surface area contributed by atoms with E-state index in [2.05, 4.69) is 40.5 Å². The van der Waals surface area contributed by atoms with Crippen molar-refractivity contribution < 1.29 is 0 Å². The van der Waals surface area contributed by atoms with Crippen LogP contribution in [0.1, 0.15) is 41.0 Å². The molecule has 2 unspecified atom stereocenters. The topological polar surface area (TPSA) is 0 Å². The van der Waals surface area contributed by atoms with Gasteiger partial charge in [0.2, 0.25) is 0 Å². The fourth-order valence-corrected chi connectivity index (χ4v) is 2.40. The molecule has 0 N–H and O–H groups in total. The van der Waals surface area contributed by atoms with E-state index in [1.54, 1.807) is 0 Å². The van der Waals surface area contributed by atoms with Crippen molar-refractivity contribution in [3.8, 4) is 12.3 Å². The van der Waals surface area contributed by atoms with Crippen molar-refractivity contribution in [3.05, 3.63) is 11.1 Å². The second-order valence-electron chi connectivity index (χ2n) is 4.20. The molecule has 1 aliphatic carbocycles. The van der Waals surface area contributed by atoms with Gasteiger partial charge >= 0.3 is 0 Å². The lowest BCUT2D eigenvalue weighted by atomic mass is 9.48. The maximum atomic E-state index is 5.59. The molecule has 1 rings (SSSR count). The van der Waals surface area contributed by atoms with Crippen molar-refractivity contribution in [2.45, 2.75) is 41.0 Å². The van der Waals surface area contributed by atoms with Gasteiger partial charge in [-0.05, 0) is 27.2 Å². The molecule has 0 aromatic heterocycles. The molecule has 0 amide bonds. The fraction of sp³-hybridized carbons (Fsp3) is 0.667. The molecule has 66 valence electrons. The highest BCUT2D eigenvalue weighted by atomic mass is 14.6. The third-order valence-corrected chi connectivity index (χ3v) is 4.24. The summed E-state index contributed by atoms with van der Waals surface area (Å²) in [6.45, 7) is 11.0. The largest absolute Gasteiger partial charge is 0.119 e. The van der Waals surface area contributed by atoms with E-state index in [1.807, 2.05) is 0 Å². The maximum absolute atomic E-state index is 5.59. The zero-order valence-electron chi connectivity index (χ0n) is 8.78. The number of allylic oxidation sites excluding steroid dienone is 2. The molecular formula is C12H18. The van der Waals surface area contributed by atoms with Crippen LogP contribution >= 0.6 is 0 Å². The predicted octanol–water partition coefficient (Wildman–Crippen LogP) is 3.39. The molecule has 0 heteroatoms. The molecule has 0 fully saturated rings. The molecule has 0 bridgehead atoms. The number of terminal acetylenes is 1. The second-order valence-corrected chi connectivity index (χ2v) is 4.20. The summed E-state index contributed by atoms with van der Waals surface area (Å²) in [5.41, 5.74) is 3.14. The van der Waals surface area contributed by atoms with Crippen LogP contribution in [0.3, 0.4) is 0 Å². The van der Waals surface area contributed by atoms with Gasteiger partial charge in [-0.2, -0.15) is 0 Å². The van der Waals surface area contributed by atoms with Gasteiger partial charge in [0.05, 0.1) is 5.41 Å².